The van der Waals surface area contributed by atoms with Crippen LogP contribution in [0.2, 0.25) is 0 Å². The fourth-order valence-electron chi connectivity index (χ4n) is 6.46. The Morgan fingerprint density at radius 1 is 0.302 bits per heavy atom. The summed E-state index contributed by atoms with van der Waals surface area (Å²) in [6.45, 7) is 0. The topological polar surface area (TPSA) is 0 Å². The summed E-state index contributed by atoms with van der Waals surface area (Å²) in [6.07, 6.45) is 0. The van der Waals surface area contributed by atoms with Crippen LogP contribution in [0, 0.1) is 34.9 Å². The van der Waals surface area contributed by atoms with E-state index in [4.69, 9.17) is 0 Å². The van der Waals surface area contributed by atoms with Gasteiger partial charge in [-0.2, -0.15) is 0 Å². The van der Waals surface area contributed by atoms with Gasteiger partial charge >= 0.3 is 247 Å². The first-order valence-corrected chi connectivity index (χ1v) is 17.7. The fourth-order valence-corrected chi connectivity index (χ4v) is 17.5. The molecule has 0 unspecified atom stereocenters. The zero-order valence-corrected chi connectivity index (χ0v) is 24.4. The van der Waals surface area contributed by atoms with E-state index in [-0.39, 0.29) is 19.9 Å². The molecule has 6 aromatic rings. The summed E-state index contributed by atoms with van der Waals surface area (Å²) in [5.41, 5.74) is -2.71. The van der Waals surface area contributed by atoms with Gasteiger partial charge in [0, 0.05) is 0 Å². The Kier molecular flexibility index (Phi) is 6.54. The summed E-state index contributed by atoms with van der Waals surface area (Å²) in [6, 6.07) is 32.0. The predicted molar refractivity (Wildman–Crippen MR) is 160 cm³/mol. The van der Waals surface area contributed by atoms with Gasteiger partial charge in [0.05, 0.1) is 0 Å². The van der Waals surface area contributed by atoms with Crippen LogP contribution in [0.25, 0.3) is 33.4 Å². The van der Waals surface area contributed by atoms with Crippen LogP contribution >= 0.6 is 0 Å². The summed E-state index contributed by atoms with van der Waals surface area (Å²) in [4.78, 5) is 0. The molecule has 0 fully saturated rings. The predicted octanol–water partition coefficient (Wildman–Crippen LogP) is 7.21. The summed E-state index contributed by atoms with van der Waals surface area (Å²) in [7, 11) is 0. The second-order valence-electron chi connectivity index (χ2n) is 10.3. The van der Waals surface area contributed by atoms with Gasteiger partial charge in [-0.1, -0.05) is 0 Å². The normalized spacial score (nSPS) is 13.1. The Balaban J connectivity index is 1.76. The van der Waals surface area contributed by atoms with E-state index in [2.05, 4.69) is 0 Å². The van der Waals surface area contributed by atoms with Crippen molar-refractivity contribution in [2.75, 3.05) is 0 Å². The Morgan fingerprint density at radius 3 is 0.907 bits per heavy atom. The molecule has 0 aromatic heterocycles. The molecule has 1 heterocycles. The molecular weight excluding hydrogens is 619 g/mol. The van der Waals surface area contributed by atoms with Crippen molar-refractivity contribution in [1.29, 1.82) is 0 Å². The van der Waals surface area contributed by atoms with Gasteiger partial charge in [-0.25, -0.2) is 0 Å². The fraction of sp³-hybridized carbons (Fsp3) is 0. The molecule has 1 aliphatic rings. The summed E-state index contributed by atoms with van der Waals surface area (Å²) < 4.78 is 99.4. The SMILES string of the molecule is Fc1c(F)c2[c](c(F)c1-c1ccccc1)[Ge]([c]1ccccc1)([c]1ccccc1)[c]1c(F)c(-c3ccccc3)c(F)c(F)c1-2. The Labute approximate surface area is 246 Å². The molecule has 7 rings (SSSR count). The molecule has 0 N–H and O–H groups in total. The third kappa shape index (κ3) is 3.79. The van der Waals surface area contributed by atoms with E-state index in [1.807, 2.05) is 0 Å². The molecule has 0 radical (unpaired) electrons. The van der Waals surface area contributed by atoms with Gasteiger partial charge in [-0.3, -0.25) is 0 Å². The van der Waals surface area contributed by atoms with E-state index in [0.717, 1.165) is 0 Å². The third-order valence-electron chi connectivity index (χ3n) is 8.18. The molecule has 43 heavy (non-hydrogen) atoms. The average molecular weight is 639 g/mol. The van der Waals surface area contributed by atoms with Crippen molar-refractivity contribution in [3.8, 4) is 33.4 Å². The van der Waals surface area contributed by atoms with Crippen molar-refractivity contribution >= 4 is 30.8 Å². The molecule has 0 bridgehead atoms. The Bertz CT molecular complexity index is 1860. The third-order valence-corrected chi connectivity index (χ3v) is 18.3. The van der Waals surface area contributed by atoms with Gasteiger partial charge < -0.3 is 0 Å². The van der Waals surface area contributed by atoms with Gasteiger partial charge in [0.15, 0.2) is 0 Å². The Hall–Kier alpha value is -4.56. The summed E-state index contributed by atoms with van der Waals surface area (Å²) in [5, 5.41) is 0. The summed E-state index contributed by atoms with van der Waals surface area (Å²) >= 11 is -5.12. The van der Waals surface area contributed by atoms with Crippen LogP contribution in [0.3, 0.4) is 0 Å². The van der Waals surface area contributed by atoms with Gasteiger partial charge in [0.1, 0.15) is 0 Å². The molecule has 1 aliphatic heterocycles. The molecule has 0 spiro atoms. The maximum absolute atomic E-state index is 17.2. The van der Waals surface area contributed by atoms with E-state index >= 15 is 26.3 Å². The Morgan fingerprint density at radius 2 is 0.581 bits per heavy atom. The second-order valence-corrected chi connectivity index (χ2v) is 18.0. The van der Waals surface area contributed by atoms with E-state index in [0.29, 0.717) is 8.79 Å². The number of hydrogen-bond donors (Lipinski definition) is 0. The molecule has 6 aromatic carbocycles. The van der Waals surface area contributed by atoms with Crippen molar-refractivity contribution in [2.45, 2.75) is 0 Å². The molecule has 0 nitrogen and oxygen atoms in total. The van der Waals surface area contributed by atoms with E-state index in [1.54, 1.807) is 97.1 Å². The monoisotopic (exact) mass is 640 g/mol. The van der Waals surface area contributed by atoms with Gasteiger partial charge in [-0.15, -0.1) is 0 Å². The van der Waals surface area contributed by atoms with Crippen LogP contribution in [-0.4, -0.2) is 13.3 Å². The van der Waals surface area contributed by atoms with Crippen molar-refractivity contribution in [3.05, 3.63) is 156 Å². The van der Waals surface area contributed by atoms with Gasteiger partial charge in [0.2, 0.25) is 0 Å². The molecule has 0 aliphatic carbocycles. The van der Waals surface area contributed by atoms with E-state index in [1.165, 1.54) is 24.3 Å². The van der Waals surface area contributed by atoms with Crippen LogP contribution in [-0.2, 0) is 0 Å². The van der Waals surface area contributed by atoms with Crippen molar-refractivity contribution < 1.29 is 26.3 Å². The zero-order valence-electron chi connectivity index (χ0n) is 22.3. The first-order chi connectivity index (χ1) is 20.9. The molecule has 210 valence electrons. The zero-order chi connectivity index (χ0) is 29.9. The number of fused-ring (bicyclic) bond motifs is 3. The number of hydrogen-bond acceptors (Lipinski definition) is 0. The quantitative estimate of drug-likeness (QED) is 0.109. The molecule has 7 heteroatoms. The number of halogens is 6. The molecule has 0 saturated carbocycles. The van der Waals surface area contributed by atoms with Crippen molar-refractivity contribution in [1.82, 2.24) is 0 Å². The molecular formula is C36H20F6Ge. The standard InChI is InChI=1S/C36H20F6Ge/c37-29-25(21-13-5-1-6-14-21)33(41)35-27(31(29)39)28-32(40)30(38)26(22-15-7-2-8-16-22)34(42)36(28)43(35,23-17-9-3-10-18-23)24-19-11-4-12-20-24/h1-20H. The van der Waals surface area contributed by atoms with Gasteiger partial charge in [0.25, 0.3) is 0 Å². The molecule has 0 saturated heterocycles. The summed E-state index contributed by atoms with van der Waals surface area (Å²) in [5.74, 6) is -8.46. The maximum atomic E-state index is 17.2. The molecule has 0 atom stereocenters. The minimum atomic E-state index is -5.12. The number of rotatable bonds is 4. The van der Waals surface area contributed by atoms with Crippen molar-refractivity contribution in [3.63, 3.8) is 0 Å². The van der Waals surface area contributed by atoms with Crippen LogP contribution < -0.4 is 17.6 Å². The van der Waals surface area contributed by atoms with Crippen LogP contribution in [0.5, 0.6) is 0 Å². The molecule has 0 amide bonds. The van der Waals surface area contributed by atoms with Crippen LogP contribution in [0.1, 0.15) is 0 Å². The number of benzene rings is 6. The van der Waals surface area contributed by atoms with Crippen molar-refractivity contribution in [2.24, 2.45) is 0 Å². The minimum absolute atomic E-state index is 0.0599. The van der Waals surface area contributed by atoms with Crippen LogP contribution in [0.15, 0.2) is 121 Å². The van der Waals surface area contributed by atoms with E-state index < -0.39 is 70.4 Å². The first kappa shape index (κ1) is 27.3. The van der Waals surface area contributed by atoms with E-state index in [9.17, 15) is 0 Å². The first-order valence-electron chi connectivity index (χ1n) is 13.5. The average Bonchev–Trinajstić information content (AvgIpc) is 3.38. The second kappa shape index (κ2) is 10.3. The van der Waals surface area contributed by atoms with Gasteiger partial charge in [-0.05, 0) is 0 Å². The van der Waals surface area contributed by atoms with Crippen LogP contribution in [0.4, 0.5) is 26.3 Å².